The molecule has 2 amide bonds. The fraction of sp³-hybridized carbons (Fsp3) is 0.759. The number of nitrogens with two attached hydrogens (primary N) is 4. The molecule has 504 valence electrons. The predicted octanol–water partition coefficient (Wildman–Crippen LogP) is 4.64. The molecule has 0 radical (unpaired) electrons. The number of carbonyl (C=O) groups is 8. The van der Waals surface area contributed by atoms with E-state index < -0.39 is 78.1 Å². The molecule has 5 fully saturated rings. The van der Waals surface area contributed by atoms with E-state index in [2.05, 4.69) is 0 Å². The number of ether oxygens (including phenoxy) is 2. The van der Waals surface area contributed by atoms with Gasteiger partial charge < -0.3 is 68.6 Å². The molecular formula is C58H95F6N9O15. The first kappa shape index (κ1) is 78.2. The minimum absolute atomic E-state index is 0.0307. The summed E-state index contributed by atoms with van der Waals surface area (Å²) in [5, 5.41) is 49.5. The van der Waals surface area contributed by atoms with Crippen LogP contribution in [0.2, 0.25) is 0 Å². The summed E-state index contributed by atoms with van der Waals surface area (Å²) in [7, 11) is 0. The lowest BCUT2D eigenvalue weighted by Crippen LogP contribution is -2.57. The highest BCUT2D eigenvalue weighted by molar-refractivity contribution is 5.82. The van der Waals surface area contributed by atoms with E-state index in [9.17, 15) is 69.8 Å². The molecule has 0 heterocycles. The molecule has 10 atom stereocenters. The molecule has 0 saturated heterocycles. The fourth-order valence-corrected chi connectivity index (χ4v) is 11.7. The number of benzene rings is 1. The van der Waals surface area contributed by atoms with Gasteiger partial charge in [0.25, 0.3) is 0 Å². The standard InChI is InChI=1S/C18H25NO5.C16H25F3N2O5.C10H18N2O4.C8H13F3N2O.C6H14N2/c20-16-8-4-2-6-14(16)10-9-13-5-1-3-7-15(13)19(11-17(21)22)12-18(23)24;1-3-25-13(22)9-21(10-14(23)26-4-2)12-8-6-5-7-11(12)20-15(24)16(17,18)19;11-7-3-1-2-4-8(7)12(5-9(13)14)6-10(15)16;9-8(10,11)7(14)13-6-4-2-1-3-5(6)12;7-5-3-1-2-4-6(5)8/h2,4,6,8,13,15,20H,1,3,5,7,9-12H2,(H,21,22)(H,23,24);11-12H,3-10H2,1-2H3,(H,20,24);7-8H,1-6,11H2,(H,13,14)(H,15,16);5-6H,1-4,12H2,(H,13,14);5-6H,1-4,7-8H2/t13-,15+;11-,12-;7-,8-;2*5-,6-/m01111/s1. The summed E-state index contributed by atoms with van der Waals surface area (Å²) in [5.41, 5.74) is 23.7. The summed E-state index contributed by atoms with van der Waals surface area (Å²) in [5.74, 6) is -8.61. The number of esters is 2. The number of aryl methyl sites for hydroxylation is 1. The van der Waals surface area contributed by atoms with Crippen LogP contribution in [0.5, 0.6) is 5.75 Å². The van der Waals surface area contributed by atoms with Crippen LogP contribution in [0.3, 0.4) is 0 Å². The lowest BCUT2D eigenvalue weighted by Gasteiger charge is -2.39. The highest BCUT2D eigenvalue weighted by atomic mass is 19.4. The Morgan fingerprint density at radius 1 is 0.477 bits per heavy atom. The predicted molar refractivity (Wildman–Crippen MR) is 310 cm³/mol. The molecule has 0 unspecified atom stereocenters. The van der Waals surface area contributed by atoms with Crippen LogP contribution in [-0.2, 0) is 54.3 Å². The lowest BCUT2D eigenvalue weighted by atomic mass is 9.80. The highest BCUT2D eigenvalue weighted by Gasteiger charge is 2.43. The van der Waals surface area contributed by atoms with Gasteiger partial charge in [0.2, 0.25) is 0 Å². The molecular weight excluding hydrogens is 1180 g/mol. The molecule has 88 heavy (non-hydrogen) atoms. The Bertz CT molecular complexity index is 2250. The van der Waals surface area contributed by atoms with Gasteiger partial charge in [-0.3, -0.25) is 53.1 Å². The van der Waals surface area contributed by atoms with Gasteiger partial charge in [-0.2, -0.15) is 26.3 Å². The summed E-state index contributed by atoms with van der Waals surface area (Å²) in [6.45, 7) is 1.99. The van der Waals surface area contributed by atoms with E-state index in [4.69, 9.17) is 52.8 Å². The van der Waals surface area contributed by atoms with E-state index in [1.807, 2.05) is 22.8 Å². The Morgan fingerprint density at radius 2 is 0.830 bits per heavy atom. The molecule has 1 aromatic rings. The number of carboxylic acid groups (broad SMARTS) is 4. The Labute approximate surface area is 510 Å². The molecule has 1 aromatic carbocycles. The number of carbonyl (C=O) groups excluding carboxylic acids is 4. The average Bonchev–Trinajstić information content (AvgIpc) is 2.69. The van der Waals surface area contributed by atoms with Crippen LogP contribution in [0.1, 0.15) is 154 Å². The van der Waals surface area contributed by atoms with Gasteiger partial charge in [-0.1, -0.05) is 82.4 Å². The lowest BCUT2D eigenvalue weighted by molar-refractivity contribution is -0.175. The van der Waals surface area contributed by atoms with E-state index in [0.717, 1.165) is 89.0 Å². The minimum Gasteiger partial charge on any atom is -0.508 e. The summed E-state index contributed by atoms with van der Waals surface area (Å²) >= 11 is 0. The summed E-state index contributed by atoms with van der Waals surface area (Å²) in [6, 6.07) is 5.21. The largest absolute Gasteiger partial charge is 0.508 e. The van der Waals surface area contributed by atoms with Crippen molar-refractivity contribution in [3.63, 3.8) is 0 Å². The van der Waals surface area contributed by atoms with Crippen LogP contribution in [0.4, 0.5) is 26.3 Å². The van der Waals surface area contributed by atoms with Crippen molar-refractivity contribution >= 4 is 47.6 Å². The van der Waals surface area contributed by atoms with Gasteiger partial charge in [0.15, 0.2) is 0 Å². The molecule has 0 bridgehead atoms. The molecule has 30 heteroatoms. The number of amides is 2. The van der Waals surface area contributed by atoms with Gasteiger partial charge in [-0.15, -0.1) is 0 Å². The Kier molecular flexibility index (Phi) is 36.1. The minimum atomic E-state index is -4.99. The number of alkyl halides is 6. The first-order valence-electron chi connectivity index (χ1n) is 30.3. The summed E-state index contributed by atoms with van der Waals surface area (Å²) in [4.78, 5) is 93.6. The molecule has 24 nitrogen and oxygen atoms in total. The number of rotatable bonds is 22. The second-order valence-electron chi connectivity index (χ2n) is 22.8. The molecule has 0 spiro atoms. The quantitative estimate of drug-likeness (QED) is 0.0556. The topological polar surface area (TPSA) is 394 Å². The normalized spacial score (nSPS) is 24.6. The van der Waals surface area contributed by atoms with E-state index in [1.165, 1.54) is 22.6 Å². The zero-order chi connectivity index (χ0) is 66.1. The van der Waals surface area contributed by atoms with Crippen LogP contribution in [0.25, 0.3) is 0 Å². The molecule has 0 aromatic heterocycles. The number of halogens is 6. The molecule has 5 saturated carbocycles. The van der Waals surface area contributed by atoms with E-state index in [1.54, 1.807) is 30.9 Å². The maximum atomic E-state index is 12.6. The maximum Gasteiger partial charge on any atom is 0.471 e. The number of hydrogen-bond donors (Lipinski definition) is 11. The van der Waals surface area contributed by atoms with Gasteiger partial charge in [0.1, 0.15) is 5.75 Å². The summed E-state index contributed by atoms with van der Waals surface area (Å²) < 4.78 is 83.1. The average molecular weight is 1270 g/mol. The number of phenols is 1. The van der Waals surface area contributed by atoms with E-state index >= 15 is 0 Å². The van der Waals surface area contributed by atoms with Gasteiger partial charge in [0, 0.05) is 54.4 Å². The third-order valence-electron chi connectivity index (χ3n) is 16.0. The Hall–Kier alpha value is -5.92. The van der Waals surface area contributed by atoms with Crippen molar-refractivity contribution in [1.29, 1.82) is 0 Å². The number of para-hydroxylation sites is 1. The molecule has 15 N–H and O–H groups in total. The number of phenolic OH excluding ortho intramolecular Hbond substituents is 1. The fourth-order valence-electron chi connectivity index (χ4n) is 11.7. The number of carboxylic acids is 4. The number of nitrogens with one attached hydrogen (secondary N) is 2. The summed E-state index contributed by atoms with van der Waals surface area (Å²) in [6.07, 6.45) is 9.08. The van der Waals surface area contributed by atoms with Gasteiger partial charge in [-0.25, -0.2) is 0 Å². The zero-order valence-corrected chi connectivity index (χ0v) is 50.5. The third-order valence-corrected chi connectivity index (χ3v) is 16.0. The SMILES string of the molecule is CCOC(=O)CN(CC(=O)OCC)[C@@H]1CCCC[C@H]1NC(=O)C(F)(F)F.N[C@@H]1CCCC[C@H]1N.N[C@@H]1CCCC[C@H]1N(CC(=O)O)CC(=O)O.N[C@@H]1CCCC[C@H]1NC(=O)C(F)(F)F.O=C(O)CN(CC(=O)O)[C@@H]1CCCC[C@H]1CCc1ccccc1O. The van der Waals surface area contributed by atoms with Crippen molar-refractivity contribution in [2.24, 2.45) is 28.9 Å². The molecule has 6 rings (SSSR count). The van der Waals surface area contributed by atoms with Crippen LogP contribution in [-0.4, -0.2) is 207 Å². The van der Waals surface area contributed by atoms with Crippen molar-refractivity contribution < 1.29 is 99.7 Å². The highest BCUT2D eigenvalue weighted by Crippen LogP contribution is 2.33. The number of aromatic hydroxyl groups is 1. The Balaban J connectivity index is 0.000000392. The smallest absolute Gasteiger partial charge is 0.471 e. The van der Waals surface area contributed by atoms with Crippen LogP contribution in [0, 0.1) is 5.92 Å². The Morgan fingerprint density at radius 3 is 1.24 bits per heavy atom. The first-order chi connectivity index (χ1) is 41.4. The number of hydrogen-bond acceptors (Lipinski definition) is 18. The van der Waals surface area contributed by atoms with Crippen molar-refractivity contribution in [2.45, 2.75) is 222 Å². The maximum absolute atomic E-state index is 12.6. The van der Waals surface area contributed by atoms with Crippen LogP contribution in [0.15, 0.2) is 24.3 Å². The monoisotopic (exact) mass is 1270 g/mol. The number of aliphatic carboxylic acids is 4. The van der Waals surface area contributed by atoms with Crippen molar-refractivity contribution in [3.05, 3.63) is 29.8 Å². The van der Waals surface area contributed by atoms with E-state index in [-0.39, 0.29) is 100 Å². The van der Waals surface area contributed by atoms with Crippen molar-refractivity contribution in [3.8, 4) is 5.75 Å². The van der Waals surface area contributed by atoms with Crippen molar-refractivity contribution in [1.82, 2.24) is 25.3 Å². The zero-order valence-electron chi connectivity index (χ0n) is 50.5. The number of nitrogens with zero attached hydrogens (tertiary/aromatic N) is 3. The third kappa shape index (κ3) is 31.0. The second kappa shape index (κ2) is 40.7. The van der Waals surface area contributed by atoms with Crippen LogP contribution < -0.4 is 33.6 Å². The van der Waals surface area contributed by atoms with Gasteiger partial charge >= 0.3 is 60.0 Å². The van der Waals surface area contributed by atoms with E-state index in [0.29, 0.717) is 44.9 Å². The van der Waals surface area contributed by atoms with Crippen LogP contribution >= 0.6 is 0 Å². The van der Waals surface area contributed by atoms with Gasteiger partial charge in [-0.05, 0) is 108 Å². The van der Waals surface area contributed by atoms with Gasteiger partial charge in [0.05, 0.1) is 52.5 Å². The first-order valence-corrected chi connectivity index (χ1v) is 30.3. The van der Waals surface area contributed by atoms with Crippen molar-refractivity contribution in [2.75, 3.05) is 52.5 Å². The molecule has 0 aliphatic heterocycles. The molecule has 5 aliphatic carbocycles. The molecule has 5 aliphatic rings. The second-order valence-corrected chi connectivity index (χ2v) is 22.8.